The summed E-state index contributed by atoms with van der Waals surface area (Å²) >= 11 is 1.41. The highest BCUT2D eigenvalue weighted by molar-refractivity contribution is 7.09. The molecule has 0 fully saturated rings. The summed E-state index contributed by atoms with van der Waals surface area (Å²) < 4.78 is 4.13. The Morgan fingerprint density at radius 2 is 2.21 bits per heavy atom. The summed E-state index contributed by atoms with van der Waals surface area (Å²) in [6, 6.07) is 0.396. The molecule has 0 aliphatic heterocycles. The van der Waals surface area contributed by atoms with Crippen LogP contribution in [0.3, 0.4) is 0 Å². The molecule has 0 aliphatic carbocycles. The first-order valence-electron chi connectivity index (χ1n) is 4.90. The maximum atomic E-state index is 5.55. The van der Waals surface area contributed by atoms with Gasteiger partial charge in [0.15, 0.2) is 0 Å². The Balaban J connectivity index is 2.55. The molecular formula is C9H18N4S. The van der Waals surface area contributed by atoms with E-state index in [2.05, 4.69) is 28.5 Å². The standard InChI is InChI=1S/C9H18N4S/c1-6(2)8(4-5-10)12-9-11-7(3)13-14-9/h6,8H,4-5,10H2,1-3H3,(H,11,12,13). The Kier molecular flexibility index (Phi) is 4.28. The lowest BCUT2D eigenvalue weighted by atomic mass is 10.0. The van der Waals surface area contributed by atoms with Gasteiger partial charge in [0.2, 0.25) is 5.13 Å². The molecule has 0 aromatic carbocycles. The van der Waals surface area contributed by atoms with Crippen LogP contribution in [0, 0.1) is 12.8 Å². The molecule has 0 saturated carbocycles. The summed E-state index contributed by atoms with van der Waals surface area (Å²) in [5.74, 6) is 1.38. The third-order valence-corrected chi connectivity index (χ3v) is 2.86. The number of rotatable bonds is 5. The number of hydrogen-bond acceptors (Lipinski definition) is 5. The first-order valence-corrected chi connectivity index (χ1v) is 5.67. The second-order valence-electron chi connectivity index (χ2n) is 3.72. The third-order valence-electron chi connectivity index (χ3n) is 2.12. The molecule has 1 rings (SSSR count). The van der Waals surface area contributed by atoms with Gasteiger partial charge in [0.25, 0.3) is 0 Å². The predicted octanol–water partition coefficient (Wildman–Crippen LogP) is 1.63. The number of nitrogens with zero attached hydrogens (tertiary/aromatic N) is 2. The maximum absolute atomic E-state index is 5.55. The second kappa shape index (κ2) is 5.26. The molecule has 0 radical (unpaired) electrons. The molecule has 1 aromatic rings. The van der Waals surface area contributed by atoms with E-state index in [4.69, 9.17) is 5.73 Å². The fraction of sp³-hybridized carbons (Fsp3) is 0.778. The van der Waals surface area contributed by atoms with Crippen molar-refractivity contribution in [3.8, 4) is 0 Å². The van der Waals surface area contributed by atoms with E-state index < -0.39 is 0 Å². The van der Waals surface area contributed by atoms with Gasteiger partial charge in [0.05, 0.1) is 0 Å². The van der Waals surface area contributed by atoms with E-state index in [1.54, 1.807) is 0 Å². The van der Waals surface area contributed by atoms with E-state index in [9.17, 15) is 0 Å². The Morgan fingerprint density at radius 3 is 2.64 bits per heavy atom. The highest BCUT2D eigenvalue weighted by Crippen LogP contribution is 2.16. The van der Waals surface area contributed by atoms with E-state index >= 15 is 0 Å². The van der Waals surface area contributed by atoms with Gasteiger partial charge in [-0.3, -0.25) is 0 Å². The van der Waals surface area contributed by atoms with Gasteiger partial charge >= 0.3 is 0 Å². The lowest BCUT2D eigenvalue weighted by molar-refractivity contribution is 0.498. The second-order valence-corrected chi connectivity index (χ2v) is 4.47. The minimum absolute atomic E-state index is 0.396. The van der Waals surface area contributed by atoms with Crippen molar-refractivity contribution in [1.82, 2.24) is 9.36 Å². The molecule has 5 heteroatoms. The van der Waals surface area contributed by atoms with E-state index in [-0.39, 0.29) is 0 Å². The molecule has 14 heavy (non-hydrogen) atoms. The average Bonchev–Trinajstić information content (AvgIpc) is 2.50. The molecule has 1 aromatic heterocycles. The molecule has 4 nitrogen and oxygen atoms in total. The van der Waals surface area contributed by atoms with Crippen molar-refractivity contribution in [3.63, 3.8) is 0 Å². The summed E-state index contributed by atoms with van der Waals surface area (Å²) in [5, 5.41) is 4.26. The number of hydrogen-bond donors (Lipinski definition) is 2. The van der Waals surface area contributed by atoms with Crippen LogP contribution >= 0.6 is 11.5 Å². The highest BCUT2D eigenvalue weighted by atomic mass is 32.1. The normalized spacial score (nSPS) is 13.2. The topological polar surface area (TPSA) is 63.8 Å². The van der Waals surface area contributed by atoms with Gasteiger partial charge in [0.1, 0.15) is 5.82 Å². The lowest BCUT2D eigenvalue weighted by Crippen LogP contribution is -2.28. The molecule has 1 atom stereocenters. The first-order chi connectivity index (χ1) is 6.63. The van der Waals surface area contributed by atoms with Crippen LogP contribution in [0.4, 0.5) is 5.13 Å². The summed E-state index contributed by atoms with van der Waals surface area (Å²) in [6.07, 6.45) is 0.969. The zero-order valence-corrected chi connectivity index (χ0v) is 9.77. The summed E-state index contributed by atoms with van der Waals surface area (Å²) in [5.41, 5.74) is 5.55. The van der Waals surface area contributed by atoms with Crippen LogP contribution < -0.4 is 11.1 Å². The highest BCUT2D eigenvalue weighted by Gasteiger charge is 2.13. The maximum Gasteiger partial charge on any atom is 0.202 e. The van der Waals surface area contributed by atoms with Crippen LogP contribution in [0.25, 0.3) is 0 Å². The Hall–Kier alpha value is -0.680. The smallest absolute Gasteiger partial charge is 0.202 e. The van der Waals surface area contributed by atoms with Gasteiger partial charge in [0, 0.05) is 17.6 Å². The van der Waals surface area contributed by atoms with E-state index in [1.807, 2.05) is 6.92 Å². The zero-order chi connectivity index (χ0) is 10.6. The van der Waals surface area contributed by atoms with Gasteiger partial charge in [-0.2, -0.15) is 4.37 Å². The minimum Gasteiger partial charge on any atom is -0.357 e. The van der Waals surface area contributed by atoms with Crippen LogP contribution in [-0.2, 0) is 0 Å². The molecule has 1 unspecified atom stereocenters. The minimum atomic E-state index is 0.396. The summed E-state index contributed by atoms with van der Waals surface area (Å²) in [6.45, 7) is 6.96. The third kappa shape index (κ3) is 3.23. The predicted molar refractivity (Wildman–Crippen MR) is 60.6 cm³/mol. The van der Waals surface area contributed by atoms with Crippen LogP contribution in [0.2, 0.25) is 0 Å². The van der Waals surface area contributed by atoms with Gasteiger partial charge < -0.3 is 11.1 Å². The SMILES string of the molecule is Cc1nsc(NC(CCN)C(C)C)n1. The molecule has 1 heterocycles. The van der Waals surface area contributed by atoms with Crippen molar-refractivity contribution >= 4 is 16.7 Å². The molecule has 0 saturated heterocycles. The number of anilines is 1. The Labute approximate surface area is 89.1 Å². The average molecular weight is 214 g/mol. The number of aryl methyl sites for hydroxylation is 1. The summed E-state index contributed by atoms with van der Waals surface area (Å²) in [4.78, 5) is 4.27. The van der Waals surface area contributed by atoms with Crippen LogP contribution in [-0.4, -0.2) is 21.9 Å². The zero-order valence-electron chi connectivity index (χ0n) is 8.95. The Morgan fingerprint density at radius 1 is 1.50 bits per heavy atom. The fourth-order valence-electron chi connectivity index (χ4n) is 1.27. The van der Waals surface area contributed by atoms with Crippen molar-refractivity contribution in [1.29, 1.82) is 0 Å². The number of nitrogens with two attached hydrogens (primary N) is 1. The largest absolute Gasteiger partial charge is 0.357 e. The molecule has 80 valence electrons. The van der Waals surface area contributed by atoms with E-state index in [1.165, 1.54) is 11.5 Å². The monoisotopic (exact) mass is 214 g/mol. The molecule has 0 spiro atoms. The van der Waals surface area contributed by atoms with Crippen molar-refractivity contribution in [2.45, 2.75) is 33.2 Å². The lowest BCUT2D eigenvalue weighted by Gasteiger charge is -2.20. The number of nitrogens with one attached hydrogen (secondary N) is 1. The van der Waals surface area contributed by atoms with Crippen molar-refractivity contribution in [2.75, 3.05) is 11.9 Å². The Bertz CT molecular complexity index is 272. The number of aromatic nitrogens is 2. The van der Waals surface area contributed by atoms with Crippen LogP contribution in [0.1, 0.15) is 26.1 Å². The fourth-order valence-corrected chi connectivity index (χ4v) is 1.90. The van der Waals surface area contributed by atoms with Crippen molar-refractivity contribution < 1.29 is 0 Å². The van der Waals surface area contributed by atoms with Crippen molar-refractivity contribution in [2.24, 2.45) is 11.7 Å². The van der Waals surface area contributed by atoms with Crippen molar-refractivity contribution in [3.05, 3.63) is 5.82 Å². The van der Waals surface area contributed by atoms with E-state index in [0.717, 1.165) is 17.4 Å². The molecule has 3 N–H and O–H groups in total. The van der Waals surface area contributed by atoms with E-state index in [0.29, 0.717) is 18.5 Å². The molecule has 0 amide bonds. The van der Waals surface area contributed by atoms with Crippen LogP contribution in [0.5, 0.6) is 0 Å². The van der Waals surface area contributed by atoms with Gasteiger partial charge in [-0.25, -0.2) is 4.98 Å². The summed E-state index contributed by atoms with van der Waals surface area (Å²) in [7, 11) is 0. The van der Waals surface area contributed by atoms with Gasteiger partial charge in [-0.1, -0.05) is 13.8 Å². The quantitative estimate of drug-likeness (QED) is 0.782. The molecule has 0 bridgehead atoms. The van der Waals surface area contributed by atoms with Gasteiger partial charge in [-0.15, -0.1) is 0 Å². The molecule has 0 aliphatic rings. The molecular weight excluding hydrogens is 196 g/mol. The first kappa shape index (κ1) is 11.4. The van der Waals surface area contributed by atoms with Gasteiger partial charge in [-0.05, 0) is 25.8 Å². The van der Waals surface area contributed by atoms with Crippen LogP contribution in [0.15, 0.2) is 0 Å².